The van der Waals surface area contributed by atoms with Crippen molar-refractivity contribution in [3.8, 4) is 0 Å². The number of carbonyl (C=O) groups excluding carboxylic acids is 2. The highest BCUT2D eigenvalue weighted by Crippen LogP contribution is 2.45. The van der Waals surface area contributed by atoms with E-state index in [0.29, 0.717) is 17.8 Å². The number of nitrogens with zero attached hydrogens (tertiary/aromatic N) is 5. The maximum atomic E-state index is 13.1. The van der Waals surface area contributed by atoms with Crippen LogP contribution < -0.4 is 10.2 Å². The molecular weight excluding hydrogens is 368 g/mol. The molecule has 0 aromatic carbocycles. The Labute approximate surface area is 168 Å². The Hall–Kier alpha value is -3.29. The van der Waals surface area contributed by atoms with E-state index >= 15 is 0 Å². The minimum atomic E-state index is -0.315. The summed E-state index contributed by atoms with van der Waals surface area (Å²) in [6, 6.07) is 7.47. The number of rotatable bonds is 3. The molecule has 1 aliphatic carbocycles. The summed E-state index contributed by atoms with van der Waals surface area (Å²) in [4.78, 5) is 36.2. The van der Waals surface area contributed by atoms with E-state index in [-0.39, 0.29) is 23.3 Å². The van der Waals surface area contributed by atoms with Crippen LogP contribution in [0.3, 0.4) is 0 Å². The molecule has 8 nitrogen and oxygen atoms in total. The lowest BCUT2D eigenvalue weighted by Gasteiger charge is -2.35. The fraction of sp³-hybridized carbons (Fsp3) is 0.381. The van der Waals surface area contributed by atoms with Crippen LogP contribution in [0.5, 0.6) is 0 Å². The Bertz CT molecular complexity index is 1060. The normalized spacial score (nSPS) is 24.3. The minimum absolute atomic E-state index is 0.0588. The van der Waals surface area contributed by atoms with E-state index in [9.17, 15) is 9.59 Å². The van der Waals surface area contributed by atoms with Crippen molar-refractivity contribution in [2.24, 2.45) is 5.41 Å². The monoisotopic (exact) mass is 390 g/mol. The molecular formula is C21H22N6O2. The Morgan fingerprint density at radius 2 is 1.93 bits per heavy atom. The Balaban J connectivity index is 1.24. The quantitative estimate of drug-likeness (QED) is 0.740. The van der Waals surface area contributed by atoms with E-state index < -0.39 is 0 Å². The molecule has 1 spiro atoms. The fourth-order valence-electron chi connectivity index (χ4n) is 4.58. The lowest BCUT2D eigenvalue weighted by molar-refractivity contribution is -0.127. The van der Waals surface area contributed by atoms with E-state index in [4.69, 9.17) is 0 Å². The van der Waals surface area contributed by atoms with Crippen LogP contribution in [0.1, 0.15) is 42.5 Å². The lowest BCUT2D eigenvalue weighted by atomic mass is 9.71. The predicted octanol–water partition coefficient (Wildman–Crippen LogP) is 2.22. The molecule has 3 aromatic rings. The second kappa shape index (κ2) is 6.95. The number of anilines is 1. The van der Waals surface area contributed by atoms with Crippen LogP contribution >= 0.6 is 0 Å². The summed E-state index contributed by atoms with van der Waals surface area (Å²) >= 11 is 0. The molecule has 2 aliphatic rings. The first-order chi connectivity index (χ1) is 14.2. The third-order valence-corrected chi connectivity index (χ3v) is 6.24. The molecule has 0 bridgehead atoms. The number of hydrogen-bond donors (Lipinski definition) is 1. The number of fused-ring (bicyclic) bond motifs is 1. The van der Waals surface area contributed by atoms with Gasteiger partial charge in [-0.25, -0.2) is 14.5 Å². The third-order valence-electron chi connectivity index (χ3n) is 6.24. The molecule has 0 radical (unpaired) electrons. The van der Waals surface area contributed by atoms with Crippen molar-refractivity contribution >= 4 is 23.3 Å². The summed E-state index contributed by atoms with van der Waals surface area (Å²) in [5.41, 5.74) is 0.712. The van der Waals surface area contributed by atoms with Gasteiger partial charge in [0.1, 0.15) is 11.4 Å². The second-order valence-electron chi connectivity index (χ2n) is 7.87. The maximum absolute atomic E-state index is 13.1. The molecule has 1 saturated carbocycles. The van der Waals surface area contributed by atoms with Gasteiger partial charge in [-0.3, -0.25) is 14.5 Å². The first-order valence-corrected chi connectivity index (χ1v) is 9.99. The first kappa shape index (κ1) is 17.8. The molecule has 1 aliphatic heterocycles. The van der Waals surface area contributed by atoms with Gasteiger partial charge in [-0.15, -0.1) is 0 Å². The van der Waals surface area contributed by atoms with Gasteiger partial charge in [0.05, 0.1) is 11.6 Å². The first-order valence-electron chi connectivity index (χ1n) is 9.99. The molecule has 29 heavy (non-hydrogen) atoms. The summed E-state index contributed by atoms with van der Waals surface area (Å²) in [6.07, 6.45) is 10.7. The molecule has 8 heteroatoms. The highest BCUT2D eigenvalue weighted by molar-refractivity contribution is 6.00. The fourth-order valence-corrected chi connectivity index (χ4v) is 4.58. The van der Waals surface area contributed by atoms with Gasteiger partial charge in [-0.05, 0) is 50.3 Å². The van der Waals surface area contributed by atoms with Crippen molar-refractivity contribution < 1.29 is 9.59 Å². The molecule has 4 heterocycles. The van der Waals surface area contributed by atoms with E-state index in [1.165, 1.54) is 0 Å². The smallest absolute Gasteiger partial charge is 0.256 e. The molecule has 3 aromatic heterocycles. The Morgan fingerprint density at radius 1 is 1.10 bits per heavy atom. The number of pyridine rings is 1. The SMILES string of the molecule is O=C(N[C@H]1CC[C@@]2(CCN(c3ccccn3)C2=O)CC1)c1cnn2cccnc12. The lowest BCUT2D eigenvalue weighted by Crippen LogP contribution is -2.44. The van der Waals surface area contributed by atoms with Crippen LogP contribution in [0.4, 0.5) is 5.82 Å². The van der Waals surface area contributed by atoms with Gasteiger partial charge in [-0.2, -0.15) is 5.10 Å². The highest BCUT2D eigenvalue weighted by atomic mass is 16.2. The molecule has 0 atom stereocenters. The van der Waals surface area contributed by atoms with E-state index in [2.05, 4.69) is 20.4 Å². The summed E-state index contributed by atoms with van der Waals surface area (Å²) in [5, 5.41) is 7.28. The van der Waals surface area contributed by atoms with Crippen LogP contribution in [-0.2, 0) is 4.79 Å². The number of aromatic nitrogens is 4. The summed E-state index contributed by atoms with van der Waals surface area (Å²) < 4.78 is 1.59. The van der Waals surface area contributed by atoms with Gasteiger partial charge in [0.15, 0.2) is 5.65 Å². The Morgan fingerprint density at radius 3 is 2.72 bits per heavy atom. The van der Waals surface area contributed by atoms with Crippen LogP contribution in [-0.4, -0.2) is 44.0 Å². The molecule has 1 saturated heterocycles. The second-order valence-corrected chi connectivity index (χ2v) is 7.87. The standard InChI is InChI=1S/C21H22N6O2/c28-19(16-14-24-27-12-3-11-23-18(16)27)25-15-5-7-21(8-6-15)9-13-26(20(21)29)17-4-1-2-10-22-17/h1-4,10-12,14-15H,5-9,13H2,(H,25,28)/t15-,21-. The number of carbonyl (C=O) groups is 2. The zero-order valence-electron chi connectivity index (χ0n) is 16.0. The van der Waals surface area contributed by atoms with E-state index in [1.54, 1.807) is 35.4 Å². The van der Waals surface area contributed by atoms with Crippen LogP contribution in [0.2, 0.25) is 0 Å². The van der Waals surface area contributed by atoms with Gasteiger partial charge in [0.2, 0.25) is 5.91 Å². The van der Waals surface area contributed by atoms with Gasteiger partial charge in [0.25, 0.3) is 5.91 Å². The average molecular weight is 390 g/mol. The largest absolute Gasteiger partial charge is 0.349 e. The van der Waals surface area contributed by atoms with Gasteiger partial charge < -0.3 is 5.32 Å². The number of amides is 2. The van der Waals surface area contributed by atoms with Crippen LogP contribution in [0, 0.1) is 5.41 Å². The summed E-state index contributed by atoms with van der Waals surface area (Å²) in [7, 11) is 0. The maximum Gasteiger partial charge on any atom is 0.256 e. The van der Waals surface area contributed by atoms with Crippen LogP contribution in [0.15, 0.2) is 49.1 Å². The van der Waals surface area contributed by atoms with Crippen molar-refractivity contribution in [2.75, 3.05) is 11.4 Å². The summed E-state index contributed by atoms with van der Waals surface area (Å²) in [6.45, 7) is 0.709. The van der Waals surface area contributed by atoms with Crippen molar-refractivity contribution in [3.63, 3.8) is 0 Å². The molecule has 5 rings (SSSR count). The minimum Gasteiger partial charge on any atom is -0.349 e. The summed E-state index contributed by atoms with van der Waals surface area (Å²) in [5.74, 6) is 0.741. The molecule has 148 valence electrons. The van der Waals surface area contributed by atoms with E-state index in [1.807, 2.05) is 23.1 Å². The van der Waals surface area contributed by atoms with E-state index in [0.717, 1.165) is 37.9 Å². The van der Waals surface area contributed by atoms with Crippen molar-refractivity contribution in [3.05, 3.63) is 54.6 Å². The van der Waals surface area contributed by atoms with Crippen LogP contribution in [0.25, 0.3) is 5.65 Å². The highest BCUT2D eigenvalue weighted by Gasteiger charge is 2.49. The molecule has 2 amide bonds. The Kier molecular flexibility index (Phi) is 4.26. The van der Waals surface area contributed by atoms with Crippen molar-refractivity contribution in [1.29, 1.82) is 0 Å². The van der Waals surface area contributed by atoms with Gasteiger partial charge in [0, 0.05) is 31.2 Å². The number of hydrogen-bond acceptors (Lipinski definition) is 5. The molecule has 0 unspecified atom stereocenters. The van der Waals surface area contributed by atoms with Gasteiger partial charge in [-0.1, -0.05) is 6.07 Å². The van der Waals surface area contributed by atoms with Crippen molar-refractivity contribution in [2.45, 2.75) is 38.1 Å². The average Bonchev–Trinajstić information content (AvgIpc) is 3.33. The topological polar surface area (TPSA) is 92.5 Å². The number of nitrogens with one attached hydrogen (secondary N) is 1. The zero-order chi connectivity index (χ0) is 19.8. The van der Waals surface area contributed by atoms with Crippen molar-refractivity contribution in [1.82, 2.24) is 24.9 Å². The van der Waals surface area contributed by atoms with Gasteiger partial charge >= 0.3 is 0 Å². The third kappa shape index (κ3) is 3.04. The zero-order valence-corrected chi connectivity index (χ0v) is 16.0. The molecule has 1 N–H and O–H groups in total. The predicted molar refractivity (Wildman–Crippen MR) is 106 cm³/mol. The molecule has 2 fully saturated rings.